The van der Waals surface area contributed by atoms with Crippen molar-refractivity contribution in [3.05, 3.63) is 39.6 Å². The molecule has 23 heavy (non-hydrogen) atoms. The second kappa shape index (κ2) is 8.06. The van der Waals surface area contributed by atoms with Crippen molar-refractivity contribution in [2.45, 2.75) is 40.7 Å². The van der Waals surface area contributed by atoms with Gasteiger partial charge in [0.05, 0.1) is 11.9 Å². The molecule has 0 atom stereocenters. The van der Waals surface area contributed by atoms with E-state index in [9.17, 15) is 4.79 Å². The van der Waals surface area contributed by atoms with Gasteiger partial charge in [0, 0.05) is 12.2 Å². The number of hydrogen-bond donors (Lipinski definition) is 1. The maximum absolute atomic E-state index is 12.2. The molecule has 0 unspecified atom stereocenters. The first-order valence-electron chi connectivity index (χ1n) is 7.75. The molecule has 0 radical (unpaired) electrons. The van der Waals surface area contributed by atoms with Gasteiger partial charge in [-0.15, -0.1) is 11.3 Å². The highest BCUT2D eigenvalue weighted by atomic mass is 32.1. The topological polar surface area (TPSA) is 64.1 Å². The number of thiazole rings is 1. The molecule has 2 aromatic heterocycles. The van der Waals surface area contributed by atoms with Crippen LogP contribution in [0.5, 0.6) is 5.75 Å². The zero-order chi connectivity index (χ0) is 16.8. The van der Waals surface area contributed by atoms with Crippen LogP contribution in [0, 0.1) is 19.8 Å². The van der Waals surface area contributed by atoms with Crippen LogP contribution in [0.3, 0.4) is 0 Å². The molecule has 0 saturated carbocycles. The van der Waals surface area contributed by atoms with Crippen LogP contribution in [0.15, 0.2) is 18.3 Å². The van der Waals surface area contributed by atoms with Gasteiger partial charge in [-0.3, -0.25) is 9.78 Å². The minimum Gasteiger partial charge on any atom is -0.485 e. The molecule has 0 bridgehead atoms. The second-order valence-electron chi connectivity index (χ2n) is 5.88. The highest BCUT2D eigenvalue weighted by Gasteiger charge is 2.15. The molecule has 0 spiro atoms. The summed E-state index contributed by atoms with van der Waals surface area (Å²) in [6.45, 7) is 9.09. The predicted octanol–water partition coefficient (Wildman–Crippen LogP) is 3.51. The lowest BCUT2D eigenvalue weighted by Gasteiger charge is -2.06. The van der Waals surface area contributed by atoms with E-state index in [0.717, 1.165) is 22.8 Å². The van der Waals surface area contributed by atoms with Crippen molar-refractivity contribution >= 4 is 17.2 Å². The average Bonchev–Trinajstić information content (AvgIpc) is 2.87. The van der Waals surface area contributed by atoms with E-state index in [1.165, 1.54) is 11.3 Å². The monoisotopic (exact) mass is 333 g/mol. The summed E-state index contributed by atoms with van der Waals surface area (Å²) in [6, 6.07) is 3.78. The third-order valence-electron chi connectivity index (χ3n) is 3.30. The van der Waals surface area contributed by atoms with Gasteiger partial charge in [0.2, 0.25) is 0 Å². The third-order valence-corrected chi connectivity index (χ3v) is 4.43. The average molecular weight is 333 g/mol. The third kappa shape index (κ3) is 5.32. The Morgan fingerprint density at radius 2 is 2.13 bits per heavy atom. The molecule has 2 rings (SSSR count). The van der Waals surface area contributed by atoms with Gasteiger partial charge in [-0.1, -0.05) is 13.8 Å². The van der Waals surface area contributed by atoms with Gasteiger partial charge in [0.25, 0.3) is 5.91 Å². The molecule has 6 heteroatoms. The van der Waals surface area contributed by atoms with Gasteiger partial charge in [-0.2, -0.15) is 0 Å². The molecule has 0 aliphatic carbocycles. The minimum absolute atomic E-state index is 0.0519. The van der Waals surface area contributed by atoms with Crippen LogP contribution in [0.25, 0.3) is 0 Å². The summed E-state index contributed by atoms with van der Waals surface area (Å²) in [7, 11) is 0. The molecule has 1 amide bonds. The summed E-state index contributed by atoms with van der Waals surface area (Å²) in [5.41, 5.74) is 1.69. The fraction of sp³-hybridized carbons (Fsp3) is 0.471. The number of hydrogen-bond acceptors (Lipinski definition) is 5. The van der Waals surface area contributed by atoms with Crippen LogP contribution in [-0.2, 0) is 6.61 Å². The smallest absolute Gasteiger partial charge is 0.263 e. The fourth-order valence-corrected chi connectivity index (χ4v) is 2.86. The van der Waals surface area contributed by atoms with Crippen molar-refractivity contribution in [2.24, 2.45) is 5.92 Å². The summed E-state index contributed by atoms with van der Waals surface area (Å²) in [6.07, 6.45) is 2.66. The van der Waals surface area contributed by atoms with Gasteiger partial charge in [0.1, 0.15) is 22.2 Å². The number of pyridine rings is 1. The van der Waals surface area contributed by atoms with Crippen molar-refractivity contribution in [1.29, 1.82) is 0 Å². The number of carbonyl (C=O) groups excluding carboxylic acids is 1. The van der Waals surface area contributed by atoms with Gasteiger partial charge in [-0.05, 0) is 38.3 Å². The Kier molecular flexibility index (Phi) is 6.10. The molecule has 124 valence electrons. The molecule has 2 heterocycles. The second-order valence-corrected chi connectivity index (χ2v) is 6.97. The maximum Gasteiger partial charge on any atom is 0.263 e. The van der Waals surface area contributed by atoms with Crippen molar-refractivity contribution in [1.82, 2.24) is 15.3 Å². The lowest BCUT2D eigenvalue weighted by Crippen LogP contribution is -2.25. The van der Waals surface area contributed by atoms with E-state index in [4.69, 9.17) is 4.74 Å². The summed E-state index contributed by atoms with van der Waals surface area (Å²) < 4.78 is 5.66. The largest absolute Gasteiger partial charge is 0.485 e. The van der Waals surface area contributed by atoms with Gasteiger partial charge < -0.3 is 10.1 Å². The number of ether oxygens (including phenoxy) is 1. The number of nitrogens with one attached hydrogen (secondary N) is 1. The summed E-state index contributed by atoms with van der Waals surface area (Å²) >= 11 is 1.38. The normalized spacial score (nSPS) is 10.8. The minimum atomic E-state index is -0.0519. The van der Waals surface area contributed by atoms with Crippen LogP contribution >= 0.6 is 11.3 Å². The lowest BCUT2D eigenvalue weighted by molar-refractivity contribution is 0.0955. The molecule has 0 aliphatic heterocycles. The Hall–Kier alpha value is -1.95. The van der Waals surface area contributed by atoms with Crippen molar-refractivity contribution in [3.8, 4) is 5.75 Å². The molecular weight excluding hydrogens is 310 g/mol. The van der Waals surface area contributed by atoms with Crippen LogP contribution < -0.4 is 10.1 Å². The Morgan fingerprint density at radius 1 is 1.35 bits per heavy atom. The number of carbonyl (C=O) groups is 1. The first-order chi connectivity index (χ1) is 11.0. The number of nitrogens with zero attached hydrogens (tertiary/aromatic N) is 2. The number of rotatable bonds is 7. The highest BCUT2D eigenvalue weighted by molar-refractivity contribution is 7.13. The first-order valence-corrected chi connectivity index (χ1v) is 8.57. The van der Waals surface area contributed by atoms with Crippen molar-refractivity contribution in [2.75, 3.05) is 6.54 Å². The molecule has 0 aliphatic rings. The van der Waals surface area contributed by atoms with E-state index in [2.05, 4.69) is 29.1 Å². The van der Waals surface area contributed by atoms with E-state index in [1.54, 1.807) is 6.20 Å². The molecule has 0 fully saturated rings. The van der Waals surface area contributed by atoms with Crippen molar-refractivity contribution in [3.63, 3.8) is 0 Å². The van der Waals surface area contributed by atoms with E-state index >= 15 is 0 Å². The van der Waals surface area contributed by atoms with E-state index < -0.39 is 0 Å². The van der Waals surface area contributed by atoms with Gasteiger partial charge >= 0.3 is 0 Å². The zero-order valence-corrected chi connectivity index (χ0v) is 14.9. The number of amides is 1. The van der Waals surface area contributed by atoms with Crippen LogP contribution in [0.4, 0.5) is 0 Å². The molecule has 0 aromatic carbocycles. The number of aryl methyl sites for hydroxylation is 2. The molecule has 1 N–H and O–H groups in total. The van der Waals surface area contributed by atoms with Gasteiger partial charge in [0.15, 0.2) is 0 Å². The zero-order valence-electron chi connectivity index (χ0n) is 14.0. The van der Waals surface area contributed by atoms with Crippen LogP contribution in [0.1, 0.15) is 46.3 Å². The Morgan fingerprint density at radius 3 is 2.78 bits per heavy atom. The van der Waals surface area contributed by atoms with Gasteiger partial charge in [-0.25, -0.2) is 4.98 Å². The molecule has 5 nitrogen and oxygen atoms in total. The lowest BCUT2D eigenvalue weighted by atomic mass is 10.1. The molecular formula is C17H23N3O2S. The number of aromatic nitrogens is 2. The molecule has 2 aromatic rings. The Balaban J connectivity index is 1.92. The van der Waals surface area contributed by atoms with E-state index in [-0.39, 0.29) is 5.91 Å². The summed E-state index contributed by atoms with van der Waals surface area (Å²) in [4.78, 5) is 21.4. The quantitative estimate of drug-likeness (QED) is 0.842. The van der Waals surface area contributed by atoms with E-state index in [1.807, 2.05) is 26.0 Å². The standard InChI is InChI=1S/C17H23N3O2S/c1-11(2)7-8-18-17(21)16-13(4)20-15(23-16)10-22-14-6-5-12(3)19-9-14/h5-6,9,11H,7-8,10H2,1-4H3,(H,18,21). The Bertz CT molecular complexity index is 650. The Labute approximate surface area is 141 Å². The van der Waals surface area contributed by atoms with Crippen LogP contribution in [-0.4, -0.2) is 22.4 Å². The summed E-state index contributed by atoms with van der Waals surface area (Å²) in [5.74, 6) is 1.22. The van der Waals surface area contributed by atoms with E-state index in [0.29, 0.717) is 29.7 Å². The summed E-state index contributed by atoms with van der Waals surface area (Å²) in [5, 5.41) is 3.73. The maximum atomic E-state index is 12.2. The molecule has 0 saturated heterocycles. The fourth-order valence-electron chi connectivity index (χ4n) is 1.96. The highest BCUT2D eigenvalue weighted by Crippen LogP contribution is 2.20. The predicted molar refractivity (Wildman–Crippen MR) is 91.9 cm³/mol. The van der Waals surface area contributed by atoms with Crippen molar-refractivity contribution < 1.29 is 9.53 Å². The SMILES string of the molecule is Cc1ccc(OCc2nc(C)c(C(=O)NCCC(C)C)s2)cn1. The van der Waals surface area contributed by atoms with Crippen LogP contribution in [0.2, 0.25) is 0 Å². The first kappa shape index (κ1) is 17.4.